The fourth-order valence-corrected chi connectivity index (χ4v) is 2.71. The minimum absolute atomic E-state index is 0.458. The van der Waals surface area contributed by atoms with Gasteiger partial charge in [0.05, 0.1) is 6.33 Å². The van der Waals surface area contributed by atoms with E-state index < -0.39 is 0 Å². The first-order valence-electron chi connectivity index (χ1n) is 6.98. The van der Waals surface area contributed by atoms with Crippen LogP contribution in [-0.2, 0) is 6.54 Å². The van der Waals surface area contributed by atoms with E-state index in [0.717, 1.165) is 25.2 Å². The predicted octanol–water partition coefficient (Wildman–Crippen LogP) is 1.28. The number of hydrogen-bond donors (Lipinski definition) is 1. The first kappa shape index (κ1) is 12.3. The number of aromatic nitrogens is 4. The lowest BCUT2D eigenvalue weighted by Gasteiger charge is -2.26. The Balaban J connectivity index is 1.60. The largest absolute Gasteiger partial charge is 0.382 e. The van der Waals surface area contributed by atoms with Gasteiger partial charge in [-0.25, -0.2) is 15.0 Å². The number of aryl methyl sites for hydroxylation is 1. The lowest BCUT2D eigenvalue weighted by molar-refractivity contribution is 0.223. The van der Waals surface area contributed by atoms with E-state index in [4.69, 9.17) is 5.73 Å². The Hall–Kier alpha value is -1.69. The molecule has 6 heteroatoms. The van der Waals surface area contributed by atoms with E-state index in [2.05, 4.69) is 24.4 Å². The molecule has 0 bridgehead atoms. The van der Waals surface area contributed by atoms with Crippen molar-refractivity contribution in [2.45, 2.75) is 32.2 Å². The van der Waals surface area contributed by atoms with E-state index in [9.17, 15) is 0 Å². The topological polar surface area (TPSA) is 72.9 Å². The van der Waals surface area contributed by atoms with Gasteiger partial charge in [0.1, 0.15) is 11.8 Å². The van der Waals surface area contributed by atoms with Crippen molar-refractivity contribution in [2.75, 3.05) is 25.4 Å². The molecule has 0 radical (unpaired) electrons. The van der Waals surface area contributed by atoms with Crippen LogP contribution in [0.25, 0.3) is 11.2 Å². The number of nitrogens with two attached hydrogens (primary N) is 1. The molecule has 0 unspecified atom stereocenters. The number of piperidine rings is 1. The molecule has 2 aromatic rings. The van der Waals surface area contributed by atoms with Crippen LogP contribution in [-0.4, -0.2) is 44.1 Å². The number of likely N-dealkylation sites (tertiary alicyclic amines) is 1. The maximum Gasteiger partial charge on any atom is 0.165 e. The Morgan fingerprint density at radius 1 is 1.05 bits per heavy atom. The third-order valence-electron chi connectivity index (χ3n) is 3.75. The summed E-state index contributed by atoms with van der Waals surface area (Å²) in [7, 11) is 0. The molecule has 6 nitrogen and oxygen atoms in total. The molecule has 3 rings (SSSR count). The second-order valence-electron chi connectivity index (χ2n) is 5.12. The first-order valence-corrected chi connectivity index (χ1v) is 6.98. The summed E-state index contributed by atoms with van der Waals surface area (Å²) in [5.74, 6) is 0.458. The molecule has 1 aliphatic heterocycles. The van der Waals surface area contributed by atoms with Gasteiger partial charge in [-0.15, -0.1) is 0 Å². The highest BCUT2D eigenvalue weighted by Gasteiger charge is 2.10. The van der Waals surface area contributed by atoms with Gasteiger partial charge in [0, 0.05) is 6.54 Å². The molecule has 1 aliphatic rings. The lowest BCUT2D eigenvalue weighted by Crippen LogP contribution is -2.31. The second-order valence-corrected chi connectivity index (χ2v) is 5.12. The van der Waals surface area contributed by atoms with Gasteiger partial charge < -0.3 is 15.2 Å². The summed E-state index contributed by atoms with van der Waals surface area (Å²) < 4.78 is 2.07. The van der Waals surface area contributed by atoms with E-state index in [1.165, 1.54) is 38.7 Å². The van der Waals surface area contributed by atoms with Crippen molar-refractivity contribution in [1.29, 1.82) is 0 Å². The Morgan fingerprint density at radius 3 is 2.74 bits per heavy atom. The molecule has 0 saturated carbocycles. The summed E-state index contributed by atoms with van der Waals surface area (Å²) in [5, 5.41) is 0. The summed E-state index contributed by atoms with van der Waals surface area (Å²) in [6.07, 6.45) is 8.51. The summed E-state index contributed by atoms with van der Waals surface area (Å²) in [6.45, 7) is 4.59. The van der Waals surface area contributed by atoms with Gasteiger partial charge in [0.2, 0.25) is 0 Å². The van der Waals surface area contributed by atoms with Gasteiger partial charge in [0.15, 0.2) is 11.5 Å². The molecular formula is C13H20N6. The maximum absolute atomic E-state index is 5.78. The second kappa shape index (κ2) is 5.52. The lowest BCUT2D eigenvalue weighted by atomic mass is 10.1. The van der Waals surface area contributed by atoms with Crippen LogP contribution in [0.1, 0.15) is 25.7 Å². The van der Waals surface area contributed by atoms with Crippen molar-refractivity contribution in [1.82, 2.24) is 24.4 Å². The van der Waals surface area contributed by atoms with Crippen LogP contribution in [0, 0.1) is 0 Å². The van der Waals surface area contributed by atoms with Crippen molar-refractivity contribution >= 4 is 17.0 Å². The van der Waals surface area contributed by atoms with Gasteiger partial charge in [0.25, 0.3) is 0 Å². The van der Waals surface area contributed by atoms with Gasteiger partial charge in [-0.1, -0.05) is 6.42 Å². The van der Waals surface area contributed by atoms with Crippen molar-refractivity contribution in [2.24, 2.45) is 0 Å². The summed E-state index contributed by atoms with van der Waals surface area (Å²) in [5.41, 5.74) is 7.33. The molecule has 1 saturated heterocycles. The maximum atomic E-state index is 5.78. The molecule has 3 heterocycles. The molecule has 19 heavy (non-hydrogen) atoms. The molecule has 0 spiro atoms. The number of rotatable bonds is 4. The molecule has 102 valence electrons. The SMILES string of the molecule is Nc1ncnc2c1ncn2CCCN1CCCCC1. The Kier molecular flexibility index (Phi) is 3.59. The summed E-state index contributed by atoms with van der Waals surface area (Å²) in [4.78, 5) is 15.1. The quantitative estimate of drug-likeness (QED) is 0.896. The number of nitrogen functional groups attached to an aromatic ring is 1. The standard InChI is InChI=1S/C13H20N6/c14-12-11-13(16-9-15-12)19(10-17-11)8-4-7-18-5-2-1-3-6-18/h9-10H,1-8H2,(H2,14,15,16). The zero-order valence-electron chi connectivity index (χ0n) is 11.1. The van der Waals surface area contributed by atoms with Crippen molar-refractivity contribution in [3.05, 3.63) is 12.7 Å². The third kappa shape index (κ3) is 2.68. The molecular weight excluding hydrogens is 240 g/mol. The van der Waals surface area contributed by atoms with Gasteiger partial charge in [-0.2, -0.15) is 0 Å². The van der Waals surface area contributed by atoms with Crippen molar-refractivity contribution in [3.63, 3.8) is 0 Å². The molecule has 0 amide bonds. The number of imidazole rings is 1. The Labute approximate surface area is 112 Å². The summed E-state index contributed by atoms with van der Waals surface area (Å²) in [6, 6.07) is 0. The molecule has 2 N–H and O–H groups in total. The highest BCUT2D eigenvalue weighted by atomic mass is 15.1. The highest BCUT2D eigenvalue weighted by molar-refractivity contribution is 5.80. The van der Waals surface area contributed by atoms with Gasteiger partial charge in [-0.05, 0) is 38.9 Å². The first-order chi connectivity index (χ1) is 9.34. The molecule has 0 aliphatic carbocycles. The van der Waals surface area contributed by atoms with E-state index in [1.807, 2.05) is 6.33 Å². The van der Waals surface area contributed by atoms with Crippen LogP contribution >= 0.6 is 0 Å². The minimum atomic E-state index is 0.458. The number of fused-ring (bicyclic) bond motifs is 1. The smallest absolute Gasteiger partial charge is 0.165 e. The zero-order valence-corrected chi connectivity index (χ0v) is 11.1. The molecule has 0 aromatic carbocycles. The number of anilines is 1. The van der Waals surface area contributed by atoms with E-state index in [1.54, 1.807) is 0 Å². The molecule has 2 aromatic heterocycles. The average Bonchev–Trinajstić information content (AvgIpc) is 2.85. The minimum Gasteiger partial charge on any atom is -0.382 e. The van der Waals surface area contributed by atoms with Crippen LogP contribution in [0.4, 0.5) is 5.82 Å². The Bertz CT molecular complexity index is 543. The fourth-order valence-electron chi connectivity index (χ4n) is 2.71. The average molecular weight is 260 g/mol. The van der Waals surface area contributed by atoms with Crippen LogP contribution in [0.3, 0.4) is 0 Å². The Morgan fingerprint density at radius 2 is 1.89 bits per heavy atom. The molecule has 1 fully saturated rings. The van der Waals surface area contributed by atoms with Crippen molar-refractivity contribution in [3.8, 4) is 0 Å². The zero-order chi connectivity index (χ0) is 13.1. The van der Waals surface area contributed by atoms with Crippen LogP contribution in [0.5, 0.6) is 0 Å². The molecule has 0 atom stereocenters. The van der Waals surface area contributed by atoms with E-state index in [-0.39, 0.29) is 0 Å². The normalized spacial score (nSPS) is 17.1. The van der Waals surface area contributed by atoms with Gasteiger partial charge >= 0.3 is 0 Å². The van der Waals surface area contributed by atoms with Crippen LogP contribution in [0.2, 0.25) is 0 Å². The highest BCUT2D eigenvalue weighted by Crippen LogP contribution is 2.15. The van der Waals surface area contributed by atoms with E-state index >= 15 is 0 Å². The predicted molar refractivity (Wildman–Crippen MR) is 74.6 cm³/mol. The van der Waals surface area contributed by atoms with Crippen LogP contribution < -0.4 is 5.73 Å². The fraction of sp³-hybridized carbons (Fsp3) is 0.615. The third-order valence-corrected chi connectivity index (χ3v) is 3.75. The van der Waals surface area contributed by atoms with E-state index in [0.29, 0.717) is 11.3 Å². The van der Waals surface area contributed by atoms with Crippen molar-refractivity contribution < 1.29 is 0 Å². The number of hydrogen-bond acceptors (Lipinski definition) is 5. The van der Waals surface area contributed by atoms with Gasteiger partial charge in [-0.3, -0.25) is 0 Å². The number of nitrogens with zero attached hydrogens (tertiary/aromatic N) is 5. The summed E-state index contributed by atoms with van der Waals surface area (Å²) >= 11 is 0. The monoisotopic (exact) mass is 260 g/mol. The van der Waals surface area contributed by atoms with Crippen LogP contribution in [0.15, 0.2) is 12.7 Å².